The Balaban J connectivity index is 1.81. The van der Waals surface area contributed by atoms with E-state index in [2.05, 4.69) is 15.5 Å². The highest BCUT2D eigenvalue weighted by molar-refractivity contribution is 7.98. The van der Waals surface area contributed by atoms with Crippen LogP contribution in [0.2, 0.25) is 0 Å². The van der Waals surface area contributed by atoms with Crippen LogP contribution in [0.3, 0.4) is 0 Å². The molecule has 1 aliphatic carbocycles. The molecule has 1 heterocycles. The third kappa shape index (κ3) is 3.82. The van der Waals surface area contributed by atoms with Crippen molar-refractivity contribution in [2.75, 3.05) is 0 Å². The molecule has 1 aromatic heterocycles. The van der Waals surface area contributed by atoms with Gasteiger partial charge in [-0.2, -0.15) is 0 Å². The summed E-state index contributed by atoms with van der Waals surface area (Å²) in [4.78, 5) is 21.2. The lowest BCUT2D eigenvalue weighted by molar-refractivity contribution is -0.395. The van der Waals surface area contributed by atoms with Gasteiger partial charge in [-0.1, -0.05) is 31.0 Å². The van der Waals surface area contributed by atoms with E-state index in [1.165, 1.54) is 37.2 Å². The molecule has 0 aliphatic heterocycles. The first kappa shape index (κ1) is 18.2. The maximum Gasteiger partial charge on any atom is 0.279 e. The molecule has 0 saturated heterocycles. The summed E-state index contributed by atoms with van der Waals surface area (Å²) in [5.74, 6) is 0.315. The van der Waals surface area contributed by atoms with Gasteiger partial charge in [0, 0.05) is 17.9 Å². The highest BCUT2D eigenvalue weighted by Gasteiger charge is 2.24. The monoisotopic (exact) mass is 378 g/mol. The summed E-state index contributed by atoms with van der Waals surface area (Å²) >= 11 is 1.33. The molecule has 0 radical (unpaired) electrons. The Morgan fingerprint density at radius 1 is 1.15 bits per heavy atom. The zero-order valence-corrected chi connectivity index (χ0v) is 15.0. The fraction of sp³-hybridized carbons (Fsp3) is 0.533. The third-order valence-corrected chi connectivity index (χ3v) is 5.56. The summed E-state index contributed by atoms with van der Waals surface area (Å²) in [7, 11) is 0. The predicted molar refractivity (Wildman–Crippen MR) is 94.0 cm³/mol. The minimum Gasteiger partial charge on any atom is -0.258 e. The van der Waals surface area contributed by atoms with E-state index < -0.39 is 9.85 Å². The Labute approximate surface area is 153 Å². The molecule has 0 bridgehead atoms. The summed E-state index contributed by atoms with van der Waals surface area (Å²) in [5.41, 5.74) is 0.0568. The van der Waals surface area contributed by atoms with Crippen molar-refractivity contribution in [1.82, 2.24) is 20.2 Å². The van der Waals surface area contributed by atoms with E-state index in [0.717, 1.165) is 25.7 Å². The lowest BCUT2D eigenvalue weighted by atomic mass is 9.96. The highest BCUT2D eigenvalue weighted by atomic mass is 32.2. The van der Waals surface area contributed by atoms with E-state index in [1.54, 1.807) is 4.68 Å². The van der Waals surface area contributed by atoms with Gasteiger partial charge in [-0.05, 0) is 35.8 Å². The highest BCUT2D eigenvalue weighted by Crippen LogP contribution is 2.34. The number of benzene rings is 1. The number of tetrazole rings is 1. The Hall–Kier alpha value is -2.56. The first-order chi connectivity index (χ1) is 12.5. The maximum atomic E-state index is 11.2. The Morgan fingerprint density at radius 2 is 1.77 bits per heavy atom. The molecule has 0 N–H and O–H groups in total. The normalized spacial score (nSPS) is 15.1. The van der Waals surface area contributed by atoms with Crippen molar-refractivity contribution in [2.45, 2.75) is 56.0 Å². The number of thioether (sulfide) groups is 1. The van der Waals surface area contributed by atoms with E-state index in [0.29, 0.717) is 16.5 Å². The van der Waals surface area contributed by atoms with Crippen LogP contribution in [-0.4, -0.2) is 30.1 Å². The molecule has 0 unspecified atom stereocenters. The number of hydrogen-bond acceptors (Lipinski definition) is 8. The molecule has 26 heavy (non-hydrogen) atoms. The molecule has 3 rings (SSSR count). The van der Waals surface area contributed by atoms with E-state index in [-0.39, 0.29) is 23.0 Å². The Morgan fingerprint density at radius 3 is 2.35 bits per heavy atom. The second kappa shape index (κ2) is 7.77. The van der Waals surface area contributed by atoms with Crippen molar-refractivity contribution in [3.05, 3.63) is 43.5 Å². The molecule has 1 fully saturated rings. The van der Waals surface area contributed by atoms with Crippen LogP contribution < -0.4 is 0 Å². The third-order valence-electron chi connectivity index (χ3n) is 4.56. The minimum absolute atomic E-state index is 0.0563. The average molecular weight is 378 g/mol. The van der Waals surface area contributed by atoms with Crippen molar-refractivity contribution in [1.29, 1.82) is 0 Å². The zero-order chi connectivity index (χ0) is 18.7. The molecule has 138 valence electrons. The zero-order valence-electron chi connectivity index (χ0n) is 14.2. The molecule has 0 amide bonds. The number of nitro groups is 2. The number of nitro benzene ring substituents is 2. The molecule has 10 nitrogen and oxygen atoms in total. The van der Waals surface area contributed by atoms with Crippen LogP contribution in [-0.2, 0) is 5.75 Å². The summed E-state index contributed by atoms with van der Waals surface area (Å²) in [6.45, 7) is 1.39. The minimum atomic E-state index is -0.595. The molecule has 0 spiro atoms. The standard InChI is InChI=1S/C15H18N6O4S/c1-10-13(20(22)23)7-11(8-14(10)21(24)25)9-26-15-16-17-18-19(15)12-5-3-2-4-6-12/h7-8,12H,2-6,9H2,1H3. The number of aromatic nitrogens is 4. The van der Waals surface area contributed by atoms with Crippen LogP contribution in [0.25, 0.3) is 0 Å². The predicted octanol–water partition coefficient (Wildman–Crippen LogP) is 3.60. The van der Waals surface area contributed by atoms with E-state index in [4.69, 9.17) is 0 Å². The van der Waals surface area contributed by atoms with Crippen LogP contribution in [0.1, 0.15) is 49.3 Å². The van der Waals surface area contributed by atoms with Gasteiger partial charge < -0.3 is 0 Å². The summed E-state index contributed by atoms with van der Waals surface area (Å²) in [6, 6.07) is 3.02. The largest absolute Gasteiger partial charge is 0.279 e. The van der Waals surface area contributed by atoms with Crippen molar-refractivity contribution in [3.63, 3.8) is 0 Å². The Bertz CT molecular complexity index is 798. The van der Waals surface area contributed by atoms with Gasteiger partial charge in [0.1, 0.15) is 5.56 Å². The lowest BCUT2D eigenvalue weighted by Crippen LogP contribution is -2.15. The molecule has 2 aromatic rings. The second-order valence-corrected chi connectivity index (χ2v) is 7.20. The lowest BCUT2D eigenvalue weighted by Gasteiger charge is -2.21. The van der Waals surface area contributed by atoms with Crippen LogP contribution in [0.5, 0.6) is 0 Å². The quantitative estimate of drug-likeness (QED) is 0.423. The van der Waals surface area contributed by atoms with Gasteiger partial charge in [-0.25, -0.2) is 4.68 Å². The van der Waals surface area contributed by atoms with Gasteiger partial charge in [0.15, 0.2) is 0 Å². The van der Waals surface area contributed by atoms with E-state index in [9.17, 15) is 20.2 Å². The molecular weight excluding hydrogens is 360 g/mol. The number of hydrogen-bond donors (Lipinski definition) is 0. The molecule has 11 heteroatoms. The fourth-order valence-corrected chi connectivity index (χ4v) is 4.06. The topological polar surface area (TPSA) is 130 Å². The molecule has 1 aromatic carbocycles. The van der Waals surface area contributed by atoms with Gasteiger partial charge in [0.25, 0.3) is 11.4 Å². The van der Waals surface area contributed by atoms with E-state index >= 15 is 0 Å². The molecular formula is C15H18N6O4S. The first-order valence-corrected chi connectivity index (χ1v) is 9.29. The van der Waals surface area contributed by atoms with Crippen molar-refractivity contribution < 1.29 is 9.85 Å². The molecule has 0 atom stereocenters. The Kier molecular flexibility index (Phi) is 5.45. The molecule has 1 aliphatic rings. The van der Waals surface area contributed by atoms with E-state index in [1.807, 2.05) is 0 Å². The van der Waals surface area contributed by atoms with Gasteiger partial charge >= 0.3 is 0 Å². The SMILES string of the molecule is Cc1c([N+](=O)[O-])cc(CSc2nnnn2C2CCCCC2)cc1[N+](=O)[O-]. The average Bonchev–Trinajstić information content (AvgIpc) is 3.09. The maximum absolute atomic E-state index is 11.2. The first-order valence-electron chi connectivity index (χ1n) is 8.30. The van der Waals surface area contributed by atoms with Crippen LogP contribution in [0.15, 0.2) is 17.3 Å². The van der Waals surface area contributed by atoms with Gasteiger partial charge in [0.2, 0.25) is 5.16 Å². The van der Waals surface area contributed by atoms with Crippen molar-refractivity contribution in [3.8, 4) is 0 Å². The second-order valence-electron chi connectivity index (χ2n) is 6.26. The molecule has 1 saturated carbocycles. The van der Waals surface area contributed by atoms with Crippen LogP contribution in [0, 0.1) is 27.2 Å². The van der Waals surface area contributed by atoms with Gasteiger partial charge in [0.05, 0.1) is 15.9 Å². The number of rotatable bonds is 6. The van der Waals surface area contributed by atoms with Crippen LogP contribution in [0.4, 0.5) is 11.4 Å². The van der Waals surface area contributed by atoms with Gasteiger partial charge in [-0.3, -0.25) is 20.2 Å². The van der Waals surface area contributed by atoms with Crippen LogP contribution >= 0.6 is 11.8 Å². The number of nitrogens with zero attached hydrogens (tertiary/aromatic N) is 6. The van der Waals surface area contributed by atoms with Crippen molar-refractivity contribution in [2.24, 2.45) is 0 Å². The smallest absolute Gasteiger partial charge is 0.258 e. The summed E-state index contributed by atoms with van der Waals surface area (Å²) < 4.78 is 1.81. The van der Waals surface area contributed by atoms with Gasteiger partial charge in [-0.15, -0.1) is 5.10 Å². The summed E-state index contributed by atoms with van der Waals surface area (Å²) in [5, 5.41) is 34.8. The summed E-state index contributed by atoms with van der Waals surface area (Å²) in [6.07, 6.45) is 5.56. The fourth-order valence-electron chi connectivity index (χ4n) is 3.19. The van der Waals surface area contributed by atoms with Crippen molar-refractivity contribution >= 4 is 23.1 Å².